The van der Waals surface area contributed by atoms with Crippen molar-refractivity contribution in [2.24, 2.45) is 0 Å². The lowest BCUT2D eigenvalue weighted by Gasteiger charge is -2.12. The van der Waals surface area contributed by atoms with Crippen LogP contribution in [0, 0.1) is 0 Å². The van der Waals surface area contributed by atoms with Gasteiger partial charge in [-0.25, -0.2) is 9.50 Å². The number of hydrogen-bond donors (Lipinski definition) is 1. The van der Waals surface area contributed by atoms with E-state index in [1.165, 1.54) is 11.1 Å². The molecule has 4 rings (SSSR count). The van der Waals surface area contributed by atoms with Gasteiger partial charge in [0, 0.05) is 18.3 Å². The van der Waals surface area contributed by atoms with Crippen LogP contribution >= 0.6 is 15.9 Å². The van der Waals surface area contributed by atoms with E-state index in [-0.39, 0.29) is 11.9 Å². The minimum absolute atomic E-state index is 0.124. The maximum Gasteiger partial charge on any atom is 0.270 e. The van der Waals surface area contributed by atoms with Gasteiger partial charge in [-0.05, 0) is 46.0 Å². The molecule has 0 aliphatic heterocycles. The molecular formula is C16H13BrN4O. The number of amides is 1. The lowest BCUT2D eigenvalue weighted by Crippen LogP contribution is -2.36. The maximum atomic E-state index is 12.6. The van der Waals surface area contributed by atoms with E-state index >= 15 is 0 Å². The Balaban J connectivity index is 1.58. The van der Waals surface area contributed by atoms with E-state index < -0.39 is 0 Å². The van der Waals surface area contributed by atoms with Crippen molar-refractivity contribution in [3.8, 4) is 0 Å². The van der Waals surface area contributed by atoms with Gasteiger partial charge in [-0.1, -0.05) is 24.3 Å². The van der Waals surface area contributed by atoms with E-state index in [1.807, 2.05) is 12.1 Å². The van der Waals surface area contributed by atoms with Gasteiger partial charge in [-0.2, -0.15) is 5.10 Å². The number of halogens is 1. The number of benzene rings is 1. The zero-order chi connectivity index (χ0) is 15.1. The van der Waals surface area contributed by atoms with Crippen LogP contribution < -0.4 is 5.32 Å². The Morgan fingerprint density at radius 1 is 1.23 bits per heavy atom. The van der Waals surface area contributed by atoms with Gasteiger partial charge in [-0.15, -0.1) is 0 Å². The molecule has 1 amide bonds. The highest BCUT2D eigenvalue weighted by atomic mass is 79.9. The summed E-state index contributed by atoms with van der Waals surface area (Å²) >= 11 is 3.31. The van der Waals surface area contributed by atoms with Gasteiger partial charge >= 0.3 is 0 Å². The van der Waals surface area contributed by atoms with Crippen molar-refractivity contribution in [1.29, 1.82) is 0 Å². The van der Waals surface area contributed by atoms with E-state index in [1.54, 1.807) is 22.8 Å². The van der Waals surface area contributed by atoms with Gasteiger partial charge in [-0.3, -0.25) is 4.79 Å². The van der Waals surface area contributed by atoms with Gasteiger partial charge in [0.1, 0.15) is 10.3 Å². The first-order chi connectivity index (χ1) is 10.7. The molecule has 0 saturated heterocycles. The molecule has 0 radical (unpaired) electrons. The predicted octanol–water partition coefficient (Wildman–Crippen LogP) is 2.39. The number of rotatable bonds is 2. The van der Waals surface area contributed by atoms with Gasteiger partial charge in [0.2, 0.25) is 0 Å². The van der Waals surface area contributed by atoms with E-state index in [9.17, 15) is 4.79 Å². The van der Waals surface area contributed by atoms with Crippen molar-refractivity contribution in [1.82, 2.24) is 19.9 Å². The number of fused-ring (bicyclic) bond motifs is 2. The zero-order valence-corrected chi connectivity index (χ0v) is 13.2. The fourth-order valence-electron chi connectivity index (χ4n) is 2.96. The summed E-state index contributed by atoms with van der Waals surface area (Å²) in [6.45, 7) is 0. The number of carbonyl (C=O) groups excluding carboxylic acids is 1. The highest BCUT2D eigenvalue weighted by molar-refractivity contribution is 9.10. The summed E-state index contributed by atoms with van der Waals surface area (Å²) in [7, 11) is 0. The molecule has 2 heterocycles. The monoisotopic (exact) mass is 356 g/mol. The molecule has 3 aromatic rings. The Hall–Kier alpha value is -2.21. The third-order valence-corrected chi connectivity index (χ3v) is 4.33. The normalized spacial score (nSPS) is 14.2. The molecule has 0 saturated carbocycles. The van der Waals surface area contributed by atoms with Gasteiger partial charge < -0.3 is 5.32 Å². The summed E-state index contributed by atoms with van der Waals surface area (Å²) in [6.07, 6.45) is 3.37. The first-order valence-electron chi connectivity index (χ1n) is 7.08. The maximum absolute atomic E-state index is 12.6. The summed E-state index contributed by atoms with van der Waals surface area (Å²) in [5, 5.41) is 7.36. The van der Waals surface area contributed by atoms with Crippen LogP contribution in [-0.2, 0) is 12.8 Å². The molecule has 1 N–H and O–H groups in total. The van der Waals surface area contributed by atoms with Crippen molar-refractivity contribution in [3.63, 3.8) is 0 Å². The Morgan fingerprint density at radius 2 is 1.95 bits per heavy atom. The molecule has 1 aromatic carbocycles. The molecule has 1 aliphatic rings. The van der Waals surface area contributed by atoms with Crippen molar-refractivity contribution < 1.29 is 4.79 Å². The second-order valence-electron chi connectivity index (χ2n) is 5.41. The molecule has 0 unspecified atom stereocenters. The number of carbonyl (C=O) groups is 1. The summed E-state index contributed by atoms with van der Waals surface area (Å²) in [5.74, 6) is -0.124. The van der Waals surface area contributed by atoms with Crippen LogP contribution in [0.2, 0.25) is 0 Å². The molecule has 5 nitrogen and oxygen atoms in total. The molecule has 6 heteroatoms. The lowest BCUT2D eigenvalue weighted by molar-refractivity contribution is 0.0931. The highest BCUT2D eigenvalue weighted by Crippen LogP contribution is 2.22. The minimum atomic E-state index is -0.124. The summed E-state index contributed by atoms with van der Waals surface area (Å²) in [6, 6.07) is 11.9. The predicted molar refractivity (Wildman–Crippen MR) is 85.8 cm³/mol. The van der Waals surface area contributed by atoms with Crippen molar-refractivity contribution >= 4 is 27.5 Å². The Morgan fingerprint density at radius 3 is 2.68 bits per heavy atom. The van der Waals surface area contributed by atoms with Crippen LogP contribution in [0.4, 0.5) is 0 Å². The topological polar surface area (TPSA) is 59.3 Å². The van der Waals surface area contributed by atoms with Crippen molar-refractivity contribution in [2.75, 3.05) is 0 Å². The van der Waals surface area contributed by atoms with Gasteiger partial charge in [0.25, 0.3) is 5.91 Å². The largest absolute Gasteiger partial charge is 0.347 e. The molecule has 0 bridgehead atoms. The van der Waals surface area contributed by atoms with Crippen LogP contribution in [0.5, 0.6) is 0 Å². The molecule has 1 aliphatic carbocycles. The zero-order valence-electron chi connectivity index (χ0n) is 11.7. The highest BCUT2D eigenvalue weighted by Gasteiger charge is 2.23. The summed E-state index contributed by atoms with van der Waals surface area (Å²) in [5.41, 5.74) is 3.77. The third kappa shape index (κ3) is 2.29. The molecule has 110 valence electrons. The van der Waals surface area contributed by atoms with Crippen LogP contribution in [0.15, 0.2) is 47.2 Å². The molecular weight excluding hydrogens is 344 g/mol. The van der Waals surface area contributed by atoms with Crippen LogP contribution in [-0.4, -0.2) is 26.5 Å². The first kappa shape index (κ1) is 13.5. The fraction of sp³-hybridized carbons (Fsp3) is 0.188. The van der Waals surface area contributed by atoms with E-state index in [4.69, 9.17) is 0 Å². The van der Waals surface area contributed by atoms with Gasteiger partial charge in [0.05, 0.1) is 0 Å². The first-order valence-corrected chi connectivity index (χ1v) is 7.88. The molecule has 2 aromatic heterocycles. The molecule has 0 fully saturated rings. The Bertz CT molecular complexity index is 848. The standard InChI is InChI=1S/C16H13BrN4O/c17-14-9-15-18-6-5-13(21(15)20-14)16(22)19-12-7-10-3-1-2-4-11(10)8-12/h1-6,9,12H,7-8H2,(H,19,22). The van der Waals surface area contributed by atoms with Crippen LogP contribution in [0.1, 0.15) is 21.6 Å². The Kier molecular flexibility index (Phi) is 3.18. The smallest absolute Gasteiger partial charge is 0.270 e. The fourth-order valence-corrected chi connectivity index (χ4v) is 3.32. The molecule has 0 atom stereocenters. The quantitative estimate of drug-likeness (QED) is 0.766. The molecule has 0 spiro atoms. The SMILES string of the molecule is O=C(NC1Cc2ccccc2C1)c1ccnc2cc(Br)nn12. The van der Waals surface area contributed by atoms with Gasteiger partial charge in [0.15, 0.2) is 5.65 Å². The van der Waals surface area contributed by atoms with E-state index in [2.05, 4.69) is 43.5 Å². The second-order valence-corrected chi connectivity index (χ2v) is 6.23. The minimum Gasteiger partial charge on any atom is -0.347 e. The van der Waals surface area contributed by atoms with E-state index in [0.29, 0.717) is 15.9 Å². The number of nitrogens with zero attached hydrogens (tertiary/aromatic N) is 3. The van der Waals surface area contributed by atoms with Crippen LogP contribution in [0.25, 0.3) is 5.65 Å². The summed E-state index contributed by atoms with van der Waals surface area (Å²) in [4.78, 5) is 16.8. The average molecular weight is 357 g/mol. The van der Waals surface area contributed by atoms with E-state index in [0.717, 1.165) is 12.8 Å². The number of nitrogens with one attached hydrogen (secondary N) is 1. The van der Waals surface area contributed by atoms with Crippen molar-refractivity contribution in [3.05, 3.63) is 64.0 Å². The summed E-state index contributed by atoms with van der Waals surface area (Å²) < 4.78 is 2.22. The molecule has 22 heavy (non-hydrogen) atoms. The second kappa shape index (κ2) is 5.21. The lowest BCUT2D eigenvalue weighted by atomic mass is 10.1. The van der Waals surface area contributed by atoms with Crippen LogP contribution in [0.3, 0.4) is 0 Å². The Labute approximate surface area is 135 Å². The van der Waals surface area contributed by atoms with Crippen molar-refractivity contribution in [2.45, 2.75) is 18.9 Å². The number of aromatic nitrogens is 3. The average Bonchev–Trinajstić information content (AvgIpc) is 3.07. The number of hydrogen-bond acceptors (Lipinski definition) is 3. The third-order valence-electron chi connectivity index (χ3n) is 3.95.